The van der Waals surface area contributed by atoms with Gasteiger partial charge in [-0.05, 0) is 31.0 Å². The van der Waals surface area contributed by atoms with Gasteiger partial charge in [0.2, 0.25) is 0 Å². The fraction of sp³-hybridized carbons (Fsp3) is 0.333. The Hall–Kier alpha value is -3.59. The second kappa shape index (κ2) is 9.11. The van der Waals surface area contributed by atoms with Crippen LogP contribution in [0.5, 0.6) is 11.5 Å². The molecule has 5 rings (SSSR count). The molecule has 2 aliphatic heterocycles. The van der Waals surface area contributed by atoms with E-state index in [2.05, 4.69) is 20.6 Å². The van der Waals surface area contributed by atoms with Crippen LogP contribution in [0, 0.1) is 5.82 Å². The van der Waals surface area contributed by atoms with Crippen molar-refractivity contribution in [1.82, 2.24) is 15.3 Å². The highest BCUT2D eigenvalue weighted by Gasteiger charge is 2.33. The molecule has 33 heavy (non-hydrogen) atoms. The van der Waals surface area contributed by atoms with Gasteiger partial charge in [-0.25, -0.2) is 4.39 Å². The summed E-state index contributed by atoms with van der Waals surface area (Å²) in [6, 6.07) is 6.46. The summed E-state index contributed by atoms with van der Waals surface area (Å²) in [6.07, 6.45) is 5.00. The van der Waals surface area contributed by atoms with E-state index in [4.69, 9.17) is 14.2 Å². The Balaban J connectivity index is 1.71. The number of halogens is 1. The Bertz CT molecular complexity index is 1180. The highest BCUT2D eigenvalue weighted by Crippen LogP contribution is 2.44. The van der Waals surface area contributed by atoms with E-state index >= 15 is 0 Å². The average molecular weight is 452 g/mol. The van der Waals surface area contributed by atoms with Gasteiger partial charge >= 0.3 is 0 Å². The third-order valence-corrected chi connectivity index (χ3v) is 5.98. The van der Waals surface area contributed by atoms with Crippen LogP contribution in [-0.2, 0) is 4.74 Å². The topological polar surface area (TPSA) is 97.5 Å². The zero-order valence-corrected chi connectivity index (χ0v) is 18.2. The summed E-state index contributed by atoms with van der Waals surface area (Å²) in [5.74, 6) is 0.0402. The van der Waals surface area contributed by atoms with Crippen LogP contribution < -0.4 is 20.1 Å². The Morgan fingerprint density at radius 1 is 1.24 bits per heavy atom. The lowest BCUT2D eigenvalue weighted by Gasteiger charge is -2.24. The van der Waals surface area contributed by atoms with E-state index in [-0.39, 0.29) is 17.6 Å². The Morgan fingerprint density at radius 2 is 2.15 bits per heavy atom. The van der Waals surface area contributed by atoms with Crippen LogP contribution in [0.25, 0.3) is 11.3 Å². The van der Waals surface area contributed by atoms with Gasteiger partial charge in [-0.3, -0.25) is 9.78 Å². The number of hydrogen-bond acceptors (Lipinski definition) is 6. The molecule has 0 radical (unpaired) electrons. The first kappa shape index (κ1) is 21.3. The smallest absolute Gasteiger partial charge is 0.255 e. The number of pyridine rings is 1. The fourth-order valence-electron chi connectivity index (χ4n) is 4.44. The first-order chi connectivity index (χ1) is 16.2. The van der Waals surface area contributed by atoms with Crippen molar-refractivity contribution < 1.29 is 23.4 Å². The molecule has 4 heterocycles. The fourth-order valence-corrected chi connectivity index (χ4v) is 4.44. The van der Waals surface area contributed by atoms with Gasteiger partial charge in [-0.1, -0.05) is 6.07 Å². The first-order valence-electron chi connectivity index (χ1n) is 11.0. The summed E-state index contributed by atoms with van der Waals surface area (Å²) in [5, 5.41) is 6.27. The van der Waals surface area contributed by atoms with Gasteiger partial charge in [0.15, 0.2) is 11.6 Å². The van der Waals surface area contributed by atoms with Gasteiger partial charge in [0.05, 0.1) is 42.5 Å². The number of aromatic amines is 1. The summed E-state index contributed by atoms with van der Waals surface area (Å²) in [6.45, 7) is 2.00. The number of H-pyrrole nitrogens is 1. The third-order valence-electron chi connectivity index (χ3n) is 5.98. The Kier molecular flexibility index (Phi) is 5.87. The number of nitrogens with one attached hydrogen (secondary N) is 3. The predicted octanol–water partition coefficient (Wildman–Crippen LogP) is 3.98. The number of methoxy groups -OCH3 is 1. The van der Waals surface area contributed by atoms with Crippen LogP contribution in [-0.4, -0.2) is 49.4 Å². The SMILES string of the molecule is COc1c(F)cccc1Nc1c2[nH]c3c1C(=O)NCC3CCCOCCOc1cnccc1-2. The molecule has 8 nitrogen and oxygen atoms in total. The standard InChI is InChI=1S/C24H25FN4O4/c1-31-23-16(25)5-2-6-17(23)28-22-19-20-14(12-27-24(19)30)4-3-9-32-10-11-33-18-13-26-8-7-15(18)21(22)29-20/h2,5-8,13-14,28-29H,3-4,9-12H2,1H3,(H,27,30). The van der Waals surface area contributed by atoms with E-state index in [1.807, 2.05) is 6.07 Å². The maximum atomic E-state index is 14.4. The van der Waals surface area contributed by atoms with Gasteiger partial charge in [0.1, 0.15) is 12.4 Å². The first-order valence-corrected chi connectivity index (χ1v) is 11.0. The minimum atomic E-state index is -0.495. The molecule has 3 aromatic rings. The monoisotopic (exact) mass is 452 g/mol. The molecule has 1 atom stereocenters. The van der Waals surface area contributed by atoms with Crippen LogP contribution in [0.15, 0.2) is 36.7 Å². The molecule has 0 spiro atoms. The summed E-state index contributed by atoms with van der Waals surface area (Å²) >= 11 is 0. The summed E-state index contributed by atoms with van der Waals surface area (Å²) < 4.78 is 31.3. The number of fused-ring (bicyclic) bond motifs is 3. The van der Waals surface area contributed by atoms with E-state index in [0.29, 0.717) is 54.7 Å². The molecule has 1 amide bonds. The lowest BCUT2D eigenvalue weighted by molar-refractivity contribution is 0.0919. The van der Waals surface area contributed by atoms with E-state index in [1.54, 1.807) is 24.5 Å². The zero-order valence-electron chi connectivity index (χ0n) is 18.2. The largest absolute Gasteiger partial charge is 0.492 e. The van der Waals surface area contributed by atoms with E-state index in [9.17, 15) is 9.18 Å². The second-order valence-corrected chi connectivity index (χ2v) is 7.99. The van der Waals surface area contributed by atoms with Crippen molar-refractivity contribution in [3.63, 3.8) is 0 Å². The third kappa shape index (κ3) is 4.00. The molecule has 0 fully saturated rings. The number of amides is 1. The lowest BCUT2D eigenvalue weighted by Crippen LogP contribution is -2.35. The van der Waals surface area contributed by atoms with E-state index < -0.39 is 5.82 Å². The highest BCUT2D eigenvalue weighted by atomic mass is 19.1. The number of anilines is 2. The zero-order chi connectivity index (χ0) is 22.8. The molecule has 1 aromatic carbocycles. The summed E-state index contributed by atoms with van der Waals surface area (Å²) in [5.41, 5.74) is 3.72. The van der Waals surface area contributed by atoms with Gasteiger partial charge in [-0.15, -0.1) is 0 Å². The van der Waals surface area contributed by atoms with E-state index in [1.165, 1.54) is 13.2 Å². The van der Waals surface area contributed by atoms with Crippen molar-refractivity contribution in [1.29, 1.82) is 0 Å². The van der Waals surface area contributed by atoms with Crippen molar-refractivity contribution >= 4 is 17.3 Å². The Labute approximate surface area is 190 Å². The molecule has 2 aromatic heterocycles. The molecular weight excluding hydrogens is 427 g/mol. The quantitative estimate of drug-likeness (QED) is 0.556. The molecule has 0 saturated heterocycles. The second-order valence-electron chi connectivity index (χ2n) is 7.99. The number of ether oxygens (including phenoxy) is 3. The summed E-state index contributed by atoms with van der Waals surface area (Å²) in [7, 11) is 1.41. The minimum Gasteiger partial charge on any atom is -0.492 e. The highest BCUT2D eigenvalue weighted by molar-refractivity contribution is 6.07. The van der Waals surface area contributed by atoms with Crippen molar-refractivity contribution in [2.24, 2.45) is 0 Å². The molecule has 2 bridgehead atoms. The van der Waals surface area contributed by atoms with Crippen molar-refractivity contribution in [2.75, 3.05) is 38.8 Å². The van der Waals surface area contributed by atoms with Crippen LogP contribution in [0.3, 0.4) is 0 Å². The number of hydrogen-bond donors (Lipinski definition) is 3. The number of carbonyl (C=O) groups is 1. The number of nitrogens with zero attached hydrogens (tertiary/aromatic N) is 1. The molecule has 0 aliphatic carbocycles. The number of benzene rings is 1. The molecular formula is C24H25FN4O4. The maximum Gasteiger partial charge on any atom is 0.255 e. The van der Waals surface area contributed by atoms with Gasteiger partial charge < -0.3 is 29.8 Å². The minimum absolute atomic E-state index is 0.0731. The normalized spacial score (nSPS) is 18.0. The van der Waals surface area contributed by atoms with Gasteiger partial charge in [0, 0.05) is 36.5 Å². The van der Waals surface area contributed by atoms with Crippen LogP contribution in [0.1, 0.15) is 34.8 Å². The molecule has 1 unspecified atom stereocenters. The number of aromatic nitrogens is 2. The molecule has 0 saturated carbocycles. The van der Waals surface area contributed by atoms with Gasteiger partial charge in [-0.2, -0.15) is 0 Å². The van der Waals surface area contributed by atoms with Crippen molar-refractivity contribution in [3.8, 4) is 22.8 Å². The number of para-hydroxylation sites is 1. The molecule has 9 heteroatoms. The maximum absolute atomic E-state index is 14.4. The number of carbonyl (C=O) groups excluding carboxylic acids is 1. The lowest BCUT2D eigenvalue weighted by atomic mass is 9.92. The number of rotatable bonds is 3. The molecule has 2 aliphatic rings. The van der Waals surface area contributed by atoms with Crippen LogP contribution in [0.4, 0.5) is 15.8 Å². The molecule has 3 N–H and O–H groups in total. The van der Waals surface area contributed by atoms with Gasteiger partial charge in [0.25, 0.3) is 5.91 Å². The van der Waals surface area contributed by atoms with E-state index in [0.717, 1.165) is 24.1 Å². The Morgan fingerprint density at radius 3 is 3.03 bits per heavy atom. The van der Waals surface area contributed by atoms with Crippen molar-refractivity contribution in [3.05, 3.63) is 53.7 Å². The predicted molar refractivity (Wildman–Crippen MR) is 121 cm³/mol. The van der Waals surface area contributed by atoms with Crippen LogP contribution >= 0.6 is 0 Å². The molecule has 172 valence electrons. The van der Waals surface area contributed by atoms with Crippen molar-refractivity contribution in [2.45, 2.75) is 18.8 Å². The average Bonchev–Trinajstić information content (AvgIpc) is 3.20. The summed E-state index contributed by atoms with van der Waals surface area (Å²) in [4.78, 5) is 20.7. The van der Waals surface area contributed by atoms with Crippen LogP contribution in [0.2, 0.25) is 0 Å².